The highest BCUT2D eigenvalue weighted by molar-refractivity contribution is 5.69. The van der Waals surface area contributed by atoms with Gasteiger partial charge in [0.2, 0.25) is 0 Å². The lowest BCUT2D eigenvalue weighted by Crippen LogP contribution is -2.05. The SMILES string of the molecule is C=CCCCOC(=O)CCCCC. The summed E-state index contributed by atoms with van der Waals surface area (Å²) in [5.74, 6) is -0.0579. The maximum atomic E-state index is 11.0. The molecule has 0 spiro atoms. The molecular formula is C11H20O2. The van der Waals surface area contributed by atoms with Crippen molar-refractivity contribution in [3.63, 3.8) is 0 Å². The number of hydrogen-bond acceptors (Lipinski definition) is 2. The molecule has 76 valence electrons. The molecule has 0 bridgehead atoms. The second-order valence-corrected chi connectivity index (χ2v) is 3.11. The molecule has 0 N–H and O–H groups in total. The average molecular weight is 184 g/mol. The summed E-state index contributed by atoms with van der Waals surface area (Å²) in [4.78, 5) is 11.0. The minimum absolute atomic E-state index is 0.0579. The first-order valence-corrected chi connectivity index (χ1v) is 5.07. The van der Waals surface area contributed by atoms with E-state index in [2.05, 4.69) is 13.5 Å². The fourth-order valence-corrected chi connectivity index (χ4v) is 1.01. The first kappa shape index (κ1) is 12.2. The van der Waals surface area contributed by atoms with Crippen LogP contribution >= 0.6 is 0 Å². The van der Waals surface area contributed by atoms with E-state index in [0.29, 0.717) is 13.0 Å². The van der Waals surface area contributed by atoms with Crippen molar-refractivity contribution in [2.45, 2.75) is 45.4 Å². The molecule has 0 saturated carbocycles. The molecule has 0 unspecified atom stereocenters. The van der Waals surface area contributed by atoms with Gasteiger partial charge in [-0.3, -0.25) is 4.79 Å². The normalized spacial score (nSPS) is 9.62. The number of rotatable bonds is 8. The molecule has 0 rings (SSSR count). The second-order valence-electron chi connectivity index (χ2n) is 3.11. The summed E-state index contributed by atoms with van der Waals surface area (Å²) in [6.45, 7) is 6.26. The average Bonchev–Trinajstić information content (AvgIpc) is 2.13. The van der Waals surface area contributed by atoms with Gasteiger partial charge in [-0.15, -0.1) is 6.58 Å². The highest BCUT2D eigenvalue weighted by Crippen LogP contribution is 2.01. The Hall–Kier alpha value is -0.790. The summed E-state index contributed by atoms with van der Waals surface area (Å²) in [5.41, 5.74) is 0. The Labute approximate surface area is 81.0 Å². The number of carbonyl (C=O) groups excluding carboxylic acids is 1. The minimum Gasteiger partial charge on any atom is -0.466 e. The van der Waals surface area contributed by atoms with E-state index in [1.807, 2.05) is 6.08 Å². The van der Waals surface area contributed by atoms with Gasteiger partial charge >= 0.3 is 5.97 Å². The molecule has 0 aromatic carbocycles. The molecule has 0 radical (unpaired) electrons. The molecular weight excluding hydrogens is 164 g/mol. The fourth-order valence-electron chi connectivity index (χ4n) is 1.01. The Kier molecular flexibility index (Phi) is 8.73. The van der Waals surface area contributed by atoms with Crippen LogP contribution in [0.4, 0.5) is 0 Å². The van der Waals surface area contributed by atoms with E-state index in [1.165, 1.54) is 0 Å². The maximum Gasteiger partial charge on any atom is 0.305 e. The summed E-state index contributed by atoms with van der Waals surface area (Å²) in [6.07, 6.45) is 7.43. The van der Waals surface area contributed by atoms with E-state index in [1.54, 1.807) is 0 Å². The van der Waals surface area contributed by atoms with Gasteiger partial charge in [0.15, 0.2) is 0 Å². The van der Waals surface area contributed by atoms with E-state index in [0.717, 1.165) is 32.1 Å². The van der Waals surface area contributed by atoms with Crippen LogP contribution in [-0.2, 0) is 9.53 Å². The van der Waals surface area contributed by atoms with Crippen molar-refractivity contribution in [3.05, 3.63) is 12.7 Å². The zero-order valence-corrected chi connectivity index (χ0v) is 8.55. The maximum absolute atomic E-state index is 11.0. The summed E-state index contributed by atoms with van der Waals surface area (Å²) >= 11 is 0. The zero-order valence-electron chi connectivity index (χ0n) is 8.55. The summed E-state index contributed by atoms with van der Waals surface area (Å²) in [6, 6.07) is 0. The van der Waals surface area contributed by atoms with E-state index in [4.69, 9.17) is 4.74 Å². The Morgan fingerprint density at radius 3 is 2.77 bits per heavy atom. The standard InChI is InChI=1S/C11H20O2/c1-3-5-7-9-11(12)13-10-8-6-4-2/h4H,2-3,5-10H2,1H3. The predicted octanol–water partition coefficient (Wildman–Crippen LogP) is 3.08. The Bertz CT molecular complexity index is 141. The monoisotopic (exact) mass is 184 g/mol. The van der Waals surface area contributed by atoms with Crippen molar-refractivity contribution in [1.82, 2.24) is 0 Å². The van der Waals surface area contributed by atoms with Gasteiger partial charge in [-0.05, 0) is 19.3 Å². The van der Waals surface area contributed by atoms with Crippen molar-refractivity contribution >= 4 is 5.97 Å². The third-order valence-corrected chi connectivity index (χ3v) is 1.80. The molecule has 0 aliphatic carbocycles. The number of allylic oxidation sites excluding steroid dienone is 1. The molecule has 0 heterocycles. The third kappa shape index (κ3) is 9.12. The van der Waals surface area contributed by atoms with Gasteiger partial charge in [-0.2, -0.15) is 0 Å². The van der Waals surface area contributed by atoms with Crippen LogP contribution in [0.1, 0.15) is 45.4 Å². The predicted molar refractivity (Wildman–Crippen MR) is 54.5 cm³/mol. The van der Waals surface area contributed by atoms with Crippen LogP contribution in [0.5, 0.6) is 0 Å². The van der Waals surface area contributed by atoms with Gasteiger partial charge in [0, 0.05) is 6.42 Å². The van der Waals surface area contributed by atoms with Crippen LogP contribution in [-0.4, -0.2) is 12.6 Å². The van der Waals surface area contributed by atoms with E-state index < -0.39 is 0 Å². The number of ether oxygens (including phenoxy) is 1. The van der Waals surface area contributed by atoms with Gasteiger partial charge in [0.05, 0.1) is 6.61 Å². The van der Waals surface area contributed by atoms with Crippen molar-refractivity contribution in [1.29, 1.82) is 0 Å². The molecule has 0 aliphatic rings. The molecule has 2 nitrogen and oxygen atoms in total. The largest absolute Gasteiger partial charge is 0.466 e. The van der Waals surface area contributed by atoms with E-state index >= 15 is 0 Å². The number of esters is 1. The molecule has 0 amide bonds. The summed E-state index contributed by atoms with van der Waals surface area (Å²) in [5, 5.41) is 0. The van der Waals surface area contributed by atoms with Gasteiger partial charge in [-0.1, -0.05) is 25.8 Å². The van der Waals surface area contributed by atoms with E-state index in [-0.39, 0.29) is 5.97 Å². The lowest BCUT2D eigenvalue weighted by molar-refractivity contribution is -0.143. The van der Waals surface area contributed by atoms with Crippen LogP contribution in [0.25, 0.3) is 0 Å². The Balaban J connectivity index is 3.15. The fraction of sp³-hybridized carbons (Fsp3) is 0.727. The van der Waals surface area contributed by atoms with Gasteiger partial charge < -0.3 is 4.74 Å². The Morgan fingerprint density at radius 2 is 2.15 bits per heavy atom. The van der Waals surface area contributed by atoms with Crippen LogP contribution in [0, 0.1) is 0 Å². The highest BCUT2D eigenvalue weighted by Gasteiger charge is 2.00. The van der Waals surface area contributed by atoms with Gasteiger partial charge in [0.1, 0.15) is 0 Å². The molecule has 0 fully saturated rings. The van der Waals surface area contributed by atoms with Gasteiger partial charge in [0.25, 0.3) is 0 Å². The van der Waals surface area contributed by atoms with E-state index in [9.17, 15) is 4.79 Å². The lowest BCUT2D eigenvalue weighted by Gasteiger charge is -2.02. The zero-order chi connectivity index (χ0) is 9.94. The van der Waals surface area contributed by atoms with Crippen molar-refractivity contribution < 1.29 is 9.53 Å². The van der Waals surface area contributed by atoms with Gasteiger partial charge in [-0.25, -0.2) is 0 Å². The molecule has 0 saturated heterocycles. The van der Waals surface area contributed by atoms with Crippen LogP contribution in [0.3, 0.4) is 0 Å². The molecule has 0 aromatic heterocycles. The van der Waals surface area contributed by atoms with Crippen molar-refractivity contribution in [2.24, 2.45) is 0 Å². The number of unbranched alkanes of at least 4 members (excludes halogenated alkanes) is 3. The first-order chi connectivity index (χ1) is 6.31. The molecule has 0 atom stereocenters. The van der Waals surface area contributed by atoms with Crippen molar-refractivity contribution in [2.75, 3.05) is 6.61 Å². The smallest absolute Gasteiger partial charge is 0.305 e. The lowest BCUT2D eigenvalue weighted by atomic mass is 10.2. The third-order valence-electron chi connectivity index (χ3n) is 1.80. The first-order valence-electron chi connectivity index (χ1n) is 5.07. The summed E-state index contributed by atoms with van der Waals surface area (Å²) < 4.78 is 5.00. The van der Waals surface area contributed by atoms with Crippen LogP contribution < -0.4 is 0 Å². The quantitative estimate of drug-likeness (QED) is 0.329. The topological polar surface area (TPSA) is 26.3 Å². The molecule has 13 heavy (non-hydrogen) atoms. The highest BCUT2D eigenvalue weighted by atomic mass is 16.5. The number of hydrogen-bond donors (Lipinski definition) is 0. The Morgan fingerprint density at radius 1 is 1.38 bits per heavy atom. The van der Waals surface area contributed by atoms with Crippen LogP contribution in [0.2, 0.25) is 0 Å². The molecule has 2 heteroatoms. The second kappa shape index (κ2) is 9.30. The molecule has 0 aromatic rings. The number of carbonyl (C=O) groups is 1. The van der Waals surface area contributed by atoms with Crippen LogP contribution in [0.15, 0.2) is 12.7 Å². The summed E-state index contributed by atoms with van der Waals surface area (Å²) in [7, 11) is 0. The minimum atomic E-state index is -0.0579. The molecule has 0 aliphatic heterocycles. The van der Waals surface area contributed by atoms with Crippen molar-refractivity contribution in [3.8, 4) is 0 Å².